The van der Waals surface area contributed by atoms with Crippen LogP contribution in [0.4, 0.5) is 0 Å². The molecule has 1 amide bonds. The number of carbonyl (C=O) groups is 1. The lowest BCUT2D eigenvalue weighted by atomic mass is 10.1. The molecule has 182 valence electrons. The second kappa shape index (κ2) is 11.6. The fourth-order valence-corrected chi connectivity index (χ4v) is 4.50. The van der Waals surface area contributed by atoms with Crippen molar-refractivity contribution in [2.75, 3.05) is 34.0 Å². The van der Waals surface area contributed by atoms with Crippen LogP contribution in [0, 0.1) is 0 Å². The highest BCUT2D eigenvalue weighted by molar-refractivity contribution is 7.16. The van der Waals surface area contributed by atoms with Gasteiger partial charge in [-0.05, 0) is 32.9 Å². The topological polar surface area (TPSA) is 80.5 Å². The molecule has 0 N–H and O–H groups in total. The highest BCUT2D eigenvalue weighted by Crippen LogP contribution is 2.39. The van der Waals surface area contributed by atoms with Crippen molar-refractivity contribution in [1.82, 2.24) is 4.57 Å². The predicted molar refractivity (Wildman–Crippen MR) is 133 cm³/mol. The number of amides is 1. The average Bonchev–Trinajstić information content (AvgIpc) is 3.16. The van der Waals surface area contributed by atoms with E-state index in [-0.39, 0.29) is 0 Å². The van der Waals surface area contributed by atoms with E-state index in [0.29, 0.717) is 65.5 Å². The molecule has 3 aromatic rings. The summed E-state index contributed by atoms with van der Waals surface area (Å²) < 4.78 is 30.9. The molecule has 34 heavy (non-hydrogen) atoms. The first-order valence-corrected chi connectivity index (χ1v) is 11.8. The number of benzene rings is 2. The van der Waals surface area contributed by atoms with Crippen LogP contribution in [-0.2, 0) is 6.54 Å². The molecule has 0 bridgehead atoms. The van der Waals surface area contributed by atoms with Crippen molar-refractivity contribution in [1.29, 1.82) is 0 Å². The van der Waals surface area contributed by atoms with E-state index in [4.69, 9.17) is 23.7 Å². The number of fused-ring (bicyclic) bond motifs is 1. The molecule has 0 saturated heterocycles. The Hall–Kier alpha value is -3.46. The maximum atomic E-state index is 13.3. The molecule has 1 heterocycles. The van der Waals surface area contributed by atoms with Crippen LogP contribution in [0.25, 0.3) is 10.2 Å². The molecule has 0 spiro atoms. The fourth-order valence-electron chi connectivity index (χ4n) is 3.45. The Balaban J connectivity index is 2.17. The minimum Gasteiger partial charge on any atom is -0.493 e. The molecule has 0 aliphatic heterocycles. The summed E-state index contributed by atoms with van der Waals surface area (Å²) in [5, 5.41) is 0. The monoisotopic (exact) mass is 486 g/mol. The van der Waals surface area contributed by atoms with Gasteiger partial charge in [-0.3, -0.25) is 4.79 Å². The number of rotatable bonds is 11. The van der Waals surface area contributed by atoms with Gasteiger partial charge in [-0.25, -0.2) is 0 Å². The van der Waals surface area contributed by atoms with Gasteiger partial charge in [0.15, 0.2) is 27.8 Å². The number of hydrogen-bond donors (Lipinski definition) is 0. The summed E-state index contributed by atoms with van der Waals surface area (Å²) in [6, 6.07) is 7.02. The molecule has 0 unspecified atom stereocenters. The van der Waals surface area contributed by atoms with Gasteiger partial charge >= 0.3 is 0 Å². The Kier molecular flexibility index (Phi) is 8.59. The third-order valence-corrected chi connectivity index (χ3v) is 5.89. The highest BCUT2D eigenvalue weighted by Gasteiger charge is 2.19. The maximum Gasteiger partial charge on any atom is 0.279 e. The number of thiazole rings is 1. The van der Waals surface area contributed by atoms with E-state index >= 15 is 0 Å². The average molecular weight is 487 g/mol. The number of allylic oxidation sites excluding steroid dienone is 1. The number of hydrogen-bond acceptors (Lipinski definition) is 7. The van der Waals surface area contributed by atoms with Crippen LogP contribution in [0.5, 0.6) is 28.7 Å². The van der Waals surface area contributed by atoms with E-state index in [1.165, 1.54) is 11.3 Å². The number of ether oxygens (including phenoxy) is 5. The number of carbonyl (C=O) groups excluding carboxylic acids is 1. The van der Waals surface area contributed by atoms with Crippen LogP contribution in [0.15, 0.2) is 41.9 Å². The van der Waals surface area contributed by atoms with Crippen molar-refractivity contribution in [3.63, 3.8) is 0 Å². The third-order valence-electron chi connectivity index (χ3n) is 4.85. The molecule has 0 saturated carbocycles. The zero-order valence-electron chi connectivity index (χ0n) is 20.2. The molecule has 3 rings (SSSR count). The molecule has 0 fully saturated rings. The fraction of sp³-hybridized carbons (Fsp3) is 0.360. The number of aromatic nitrogens is 1. The molecule has 0 aliphatic carbocycles. The van der Waals surface area contributed by atoms with Crippen LogP contribution < -0.4 is 28.5 Å². The van der Waals surface area contributed by atoms with Crippen LogP contribution >= 0.6 is 11.3 Å². The molecule has 2 aromatic carbocycles. The van der Waals surface area contributed by atoms with Gasteiger partial charge in [0.1, 0.15) is 0 Å². The largest absolute Gasteiger partial charge is 0.493 e. The third kappa shape index (κ3) is 5.20. The van der Waals surface area contributed by atoms with Gasteiger partial charge in [-0.15, -0.1) is 6.58 Å². The van der Waals surface area contributed by atoms with Crippen molar-refractivity contribution in [2.45, 2.75) is 27.3 Å². The minimum absolute atomic E-state index is 0.341. The van der Waals surface area contributed by atoms with E-state index < -0.39 is 5.91 Å². The van der Waals surface area contributed by atoms with Crippen molar-refractivity contribution in [2.24, 2.45) is 4.99 Å². The summed E-state index contributed by atoms with van der Waals surface area (Å²) >= 11 is 1.38. The summed E-state index contributed by atoms with van der Waals surface area (Å²) in [7, 11) is 3.17. The Morgan fingerprint density at radius 2 is 1.53 bits per heavy atom. The highest BCUT2D eigenvalue weighted by atomic mass is 32.1. The van der Waals surface area contributed by atoms with Crippen molar-refractivity contribution < 1.29 is 28.5 Å². The standard InChI is InChI=1S/C25H30N2O6S/c1-7-11-27-17-14-18(29-5)19(30-6)15-22(17)34-25(27)26-24(28)16-12-20(31-8-2)23(33-10-4)21(13-16)32-9-3/h7,12-15H,1,8-11H2,2-6H3. The molecule has 8 nitrogen and oxygen atoms in total. The first-order valence-electron chi connectivity index (χ1n) is 11.0. The zero-order valence-corrected chi connectivity index (χ0v) is 21.0. The van der Waals surface area contributed by atoms with Crippen LogP contribution in [0.3, 0.4) is 0 Å². The number of nitrogens with zero attached hydrogens (tertiary/aromatic N) is 2. The lowest BCUT2D eigenvalue weighted by molar-refractivity contribution is 0.0996. The van der Waals surface area contributed by atoms with Gasteiger partial charge < -0.3 is 28.3 Å². The smallest absolute Gasteiger partial charge is 0.279 e. The van der Waals surface area contributed by atoms with Gasteiger partial charge in [0.25, 0.3) is 5.91 Å². The minimum atomic E-state index is -0.423. The van der Waals surface area contributed by atoms with E-state index in [1.807, 2.05) is 37.5 Å². The molecule has 0 radical (unpaired) electrons. The van der Waals surface area contributed by atoms with E-state index in [2.05, 4.69) is 11.6 Å². The van der Waals surface area contributed by atoms with Gasteiger partial charge in [0.2, 0.25) is 5.75 Å². The quantitative estimate of drug-likeness (QED) is 0.361. The summed E-state index contributed by atoms with van der Waals surface area (Å²) in [6.45, 7) is 11.2. The molecule has 9 heteroatoms. The second-order valence-electron chi connectivity index (χ2n) is 6.98. The first kappa shape index (κ1) is 25.2. The van der Waals surface area contributed by atoms with Gasteiger partial charge in [0, 0.05) is 24.2 Å². The number of methoxy groups -OCH3 is 2. The van der Waals surface area contributed by atoms with Crippen LogP contribution in [0.2, 0.25) is 0 Å². The Morgan fingerprint density at radius 3 is 2.06 bits per heavy atom. The lowest BCUT2D eigenvalue weighted by Gasteiger charge is -2.16. The van der Waals surface area contributed by atoms with Gasteiger partial charge in [0.05, 0.1) is 44.3 Å². The van der Waals surface area contributed by atoms with Gasteiger partial charge in [-0.2, -0.15) is 4.99 Å². The van der Waals surface area contributed by atoms with E-state index in [9.17, 15) is 4.79 Å². The Morgan fingerprint density at radius 1 is 0.941 bits per heavy atom. The predicted octanol–water partition coefficient (Wildman–Crippen LogP) is 4.84. The summed E-state index contributed by atoms with van der Waals surface area (Å²) in [4.78, 5) is 18.2. The molecular formula is C25H30N2O6S. The van der Waals surface area contributed by atoms with Crippen LogP contribution in [0.1, 0.15) is 31.1 Å². The summed E-state index contributed by atoms with van der Waals surface area (Å²) in [5.74, 6) is 2.14. The molecule has 0 aliphatic rings. The van der Waals surface area contributed by atoms with Crippen LogP contribution in [-0.4, -0.2) is 44.5 Å². The maximum absolute atomic E-state index is 13.3. The SMILES string of the molecule is C=CCn1c(=NC(=O)c2cc(OCC)c(OCC)c(OCC)c2)sc2cc(OC)c(OC)cc21. The first-order chi connectivity index (χ1) is 16.5. The Labute approximate surface area is 203 Å². The van der Waals surface area contributed by atoms with E-state index in [0.717, 1.165) is 10.2 Å². The molecule has 1 aromatic heterocycles. The Bertz CT molecular complexity index is 1220. The molecule has 0 atom stereocenters. The zero-order chi connectivity index (χ0) is 24.7. The van der Waals surface area contributed by atoms with Crippen molar-refractivity contribution >= 4 is 27.5 Å². The summed E-state index contributed by atoms with van der Waals surface area (Å²) in [5.41, 5.74) is 1.21. The normalized spacial score (nSPS) is 11.4. The van der Waals surface area contributed by atoms with Gasteiger partial charge in [-0.1, -0.05) is 17.4 Å². The molecular weight excluding hydrogens is 456 g/mol. The second-order valence-corrected chi connectivity index (χ2v) is 7.99. The van der Waals surface area contributed by atoms with E-state index in [1.54, 1.807) is 32.4 Å². The van der Waals surface area contributed by atoms with Crippen molar-refractivity contribution in [3.8, 4) is 28.7 Å². The summed E-state index contributed by atoms with van der Waals surface area (Å²) in [6.07, 6.45) is 1.75. The lowest BCUT2D eigenvalue weighted by Crippen LogP contribution is -2.16. The van der Waals surface area contributed by atoms with Crippen molar-refractivity contribution in [3.05, 3.63) is 47.3 Å².